The highest BCUT2D eigenvalue weighted by atomic mass is 79.9. The van der Waals surface area contributed by atoms with Gasteiger partial charge in [-0.25, -0.2) is 0 Å². The standard InChI is InChI=1S/C14H14BrN3O2/c15-12-9-17-7-5-13(12)18-14(19)6-8-20-11-3-1-10(16)2-4-11/h1-5,7,9H,6,8,16H2,(H,17,18,19). The van der Waals surface area contributed by atoms with Crippen LogP contribution in [0, 0.1) is 0 Å². The number of carbonyl (C=O) groups excluding carboxylic acids is 1. The zero-order chi connectivity index (χ0) is 14.4. The van der Waals surface area contributed by atoms with Gasteiger partial charge in [0.15, 0.2) is 0 Å². The van der Waals surface area contributed by atoms with Crippen molar-refractivity contribution < 1.29 is 9.53 Å². The molecule has 6 heteroatoms. The minimum absolute atomic E-state index is 0.118. The Labute approximate surface area is 125 Å². The fourth-order valence-electron chi connectivity index (χ4n) is 1.51. The predicted octanol–water partition coefficient (Wildman–Crippen LogP) is 2.83. The molecule has 1 amide bonds. The summed E-state index contributed by atoms with van der Waals surface area (Å²) in [4.78, 5) is 15.7. The number of hydrogen-bond acceptors (Lipinski definition) is 4. The summed E-state index contributed by atoms with van der Waals surface area (Å²) < 4.78 is 6.20. The smallest absolute Gasteiger partial charge is 0.227 e. The van der Waals surface area contributed by atoms with E-state index < -0.39 is 0 Å². The van der Waals surface area contributed by atoms with Gasteiger partial charge in [-0.1, -0.05) is 0 Å². The molecule has 104 valence electrons. The summed E-state index contributed by atoms with van der Waals surface area (Å²) in [6.45, 7) is 0.304. The minimum atomic E-state index is -0.118. The Kier molecular flexibility index (Phi) is 4.95. The van der Waals surface area contributed by atoms with Crippen molar-refractivity contribution in [3.8, 4) is 5.75 Å². The molecule has 5 nitrogen and oxygen atoms in total. The highest BCUT2D eigenvalue weighted by Crippen LogP contribution is 2.20. The third kappa shape index (κ3) is 4.24. The molecule has 20 heavy (non-hydrogen) atoms. The Morgan fingerprint density at radius 2 is 2.05 bits per heavy atom. The number of aromatic nitrogens is 1. The SMILES string of the molecule is Nc1ccc(OCCC(=O)Nc2ccncc2Br)cc1. The average Bonchev–Trinajstić information content (AvgIpc) is 2.44. The van der Waals surface area contributed by atoms with Crippen molar-refractivity contribution in [1.29, 1.82) is 0 Å². The van der Waals surface area contributed by atoms with E-state index in [1.807, 2.05) is 0 Å². The number of amides is 1. The van der Waals surface area contributed by atoms with E-state index in [4.69, 9.17) is 10.5 Å². The Balaban J connectivity index is 1.78. The molecule has 0 radical (unpaired) electrons. The Morgan fingerprint density at radius 3 is 2.75 bits per heavy atom. The summed E-state index contributed by atoms with van der Waals surface area (Å²) in [5.74, 6) is 0.574. The van der Waals surface area contributed by atoms with Gasteiger partial charge in [0.05, 0.1) is 23.2 Å². The first-order valence-corrected chi connectivity index (χ1v) is 6.82. The molecule has 0 aliphatic carbocycles. The molecule has 0 saturated carbocycles. The number of rotatable bonds is 5. The van der Waals surface area contributed by atoms with Crippen LogP contribution in [0.15, 0.2) is 47.2 Å². The molecule has 2 aromatic rings. The second-order valence-corrected chi connectivity index (χ2v) is 4.93. The van der Waals surface area contributed by atoms with Crippen LogP contribution in [0.4, 0.5) is 11.4 Å². The highest BCUT2D eigenvalue weighted by molar-refractivity contribution is 9.10. The quantitative estimate of drug-likeness (QED) is 0.823. The summed E-state index contributed by atoms with van der Waals surface area (Å²) in [6, 6.07) is 8.77. The molecule has 0 spiro atoms. The fraction of sp³-hybridized carbons (Fsp3) is 0.143. The van der Waals surface area contributed by atoms with Crippen molar-refractivity contribution >= 4 is 33.2 Å². The van der Waals surface area contributed by atoms with Crippen LogP contribution in [0.3, 0.4) is 0 Å². The zero-order valence-corrected chi connectivity index (χ0v) is 12.3. The monoisotopic (exact) mass is 335 g/mol. The molecular formula is C14H14BrN3O2. The first-order chi connectivity index (χ1) is 9.65. The summed E-state index contributed by atoms with van der Waals surface area (Å²) >= 11 is 3.32. The van der Waals surface area contributed by atoms with Gasteiger partial charge in [-0.2, -0.15) is 0 Å². The summed E-state index contributed by atoms with van der Waals surface area (Å²) in [6.07, 6.45) is 3.50. The van der Waals surface area contributed by atoms with E-state index in [0.717, 1.165) is 4.47 Å². The summed E-state index contributed by atoms with van der Waals surface area (Å²) in [7, 11) is 0. The van der Waals surface area contributed by atoms with Crippen LogP contribution in [0.25, 0.3) is 0 Å². The van der Waals surface area contributed by atoms with Crippen LogP contribution in [0.1, 0.15) is 6.42 Å². The number of anilines is 2. The zero-order valence-electron chi connectivity index (χ0n) is 10.7. The van der Waals surface area contributed by atoms with E-state index in [9.17, 15) is 4.79 Å². The van der Waals surface area contributed by atoms with Gasteiger partial charge in [0.1, 0.15) is 5.75 Å². The first kappa shape index (κ1) is 14.3. The number of nitrogen functional groups attached to an aromatic ring is 1. The lowest BCUT2D eigenvalue weighted by Crippen LogP contribution is -2.15. The fourth-order valence-corrected chi connectivity index (χ4v) is 1.86. The number of nitrogens with two attached hydrogens (primary N) is 1. The van der Waals surface area contributed by atoms with Gasteiger partial charge in [-0.3, -0.25) is 9.78 Å². The summed E-state index contributed by atoms with van der Waals surface area (Å²) in [5.41, 5.74) is 6.94. The number of hydrogen-bond donors (Lipinski definition) is 2. The van der Waals surface area contributed by atoms with E-state index in [-0.39, 0.29) is 12.3 Å². The molecule has 0 saturated heterocycles. The van der Waals surface area contributed by atoms with Crippen LogP contribution in [0.5, 0.6) is 5.75 Å². The van der Waals surface area contributed by atoms with Gasteiger partial charge in [-0.05, 0) is 46.3 Å². The van der Waals surface area contributed by atoms with Gasteiger partial charge >= 0.3 is 0 Å². The van der Waals surface area contributed by atoms with Crippen LogP contribution in [-0.2, 0) is 4.79 Å². The third-order valence-corrected chi connectivity index (χ3v) is 3.16. The van der Waals surface area contributed by atoms with Gasteiger partial charge < -0.3 is 15.8 Å². The van der Waals surface area contributed by atoms with Gasteiger partial charge in [0.25, 0.3) is 0 Å². The lowest BCUT2D eigenvalue weighted by molar-refractivity contribution is -0.116. The van der Waals surface area contributed by atoms with Crippen molar-refractivity contribution in [3.05, 3.63) is 47.2 Å². The highest BCUT2D eigenvalue weighted by Gasteiger charge is 2.05. The van der Waals surface area contributed by atoms with Crippen molar-refractivity contribution in [2.45, 2.75) is 6.42 Å². The van der Waals surface area contributed by atoms with E-state index in [2.05, 4.69) is 26.2 Å². The topological polar surface area (TPSA) is 77.2 Å². The van der Waals surface area contributed by atoms with E-state index >= 15 is 0 Å². The summed E-state index contributed by atoms with van der Waals surface area (Å²) in [5, 5.41) is 2.78. The number of carbonyl (C=O) groups is 1. The number of pyridine rings is 1. The number of ether oxygens (including phenoxy) is 1. The van der Waals surface area contributed by atoms with Gasteiger partial charge in [0.2, 0.25) is 5.91 Å². The third-order valence-electron chi connectivity index (χ3n) is 2.52. The first-order valence-electron chi connectivity index (χ1n) is 6.03. The van der Waals surface area contributed by atoms with E-state index in [1.54, 1.807) is 42.7 Å². The molecule has 0 atom stereocenters. The largest absolute Gasteiger partial charge is 0.493 e. The van der Waals surface area contributed by atoms with Gasteiger partial charge in [-0.15, -0.1) is 0 Å². The van der Waals surface area contributed by atoms with Crippen molar-refractivity contribution in [1.82, 2.24) is 4.98 Å². The van der Waals surface area contributed by atoms with Crippen molar-refractivity contribution in [3.63, 3.8) is 0 Å². The van der Waals surface area contributed by atoms with Crippen LogP contribution >= 0.6 is 15.9 Å². The Bertz CT molecular complexity index is 587. The van der Waals surface area contributed by atoms with Crippen molar-refractivity contribution in [2.75, 3.05) is 17.7 Å². The normalized spacial score (nSPS) is 10.1. The molecule has 0 aliphatic rings. The average molecular weight is 336 g/mol. The Hall–Kier alpha value is -2.08. The number of benzene rings is 1. The molecule has 1 heterocycles. The maximum atomic E-state index is 11.8. The second-order valence-electron chi connectivity index (χ2n) is 4.07. The molecule has 1 aromatic carbocycles. The van der Waals surface area contributed by atoms with Crippen LogP contribution in [-0.4, -0.2) is 17.5 Å². The number of nitrogens with one attached hydrogen (secondary N) is 1. The molecule has 0 aliphatic heterocycles. The molecular weight excluding hydrogens is 322 g/mol. The molecule has 0 fully saturated rings. The molecule has 1 aromatic heterocycles. The Morgan fingerprint density at radius 1 is 1.30 bits per heavy atom. The van der Waals surface area contributed by atoms with Gasteiger partial charge in [0, 0.05) is 18.1 Å². The number of nitrogens with zero attached hydrogens (tertiary/aromatic N) is 1. The predicted molar refractivity (Wildman–Crippen MR) is 81.5 cm³/mol. The van der Waals surface area contributed by atoms with E-state index in [0.29, 0.717) is 23.7 Å². The molecule has 3 N–H and O–H groups in total. The van der Waals surface area contributed by atoms with Crippen LogP contribution in [0.2, 0.25) is 0 Å². The van der Waals surface area contributed by atoms with Crippen LogP contribution < -0.4 is 15.8 Å². The minimum Gasteiger partial charge on any atom is -0.493 e. The maximum absolute atomic E-state index is 11.8. The molecule has 0 bridgehead atoms. The second kappa shape index (κ2) is 6.91. The molecule has 2 rings (SSSR count). The lowest BCUT2D eigenvalue weighted by atomic mass is 10.3. The number of halogens is 1. The van der Waals surface area contributed by atoms with E-state index in [1.165, 1.54) is 0 Å². The maximum Gasteiger partial charge on any atom is 0.227 e. The molecule has 0 unspecified atom stereocenters. The lowest BCUT2D eigenvalue weighted by Gasteiger charge is -2.08. The van der Waals surface area contributed by atoms with Crippen molar-refractivity contribution in [2.24, 2.45) is 0 Å².